The van der Waals surface area contributed by atoms with E-state index in [0.717, 1.165) is 13.0 Å². The Kier molecular flexibility index (Phi) is 4.99. The molecule has 0 amide bonds. The summed E-state index contributed by atoms with van der Waals surface area (Å²) in [6.07, 6.45) is 6.10. The quantitative estimate of drug-likeness (QED) is 0.666. The molecule has 0 aromatic heterocycles. The summed E-state index contributed by atoms with van der Waals surface area (Å²) < 4.78 is 1.27. The molecule has 0 fully saturated rings. The van der Waals surface area contributed by atoms with Crippen LogP contribution in [-0.2, 0) is 0 Å². The number of halogens is 1. The Hall–Kier alpha value is -0.530. The van der Waals surface area contributed by atoms with Crippen molar-refractivity contribution in [3.8, 4) is 12.3 Å². The number of hydrogen-bond donors (Lipinski definition) is 1. The smallest absolute Gasteiger partial charge is 0.0441 e. The minimum Gasteiger partial charge on any atom is -0.309 e. The van der Waals surface area contributed by atoms with Crippen molar-refractivity contribution in [2.75, 3.05) is 6.54 Å². The molecule has 2 heteroatoms. The monoisotopic (exact) mass is 299 g/mol. The van der Waals surface area contributed by atoms with E-state index in [4.69, 9.17) is 6.42 Å². The van der Waals surface area contributed by atoms with Gasteiger partial charge >= 0.3 is 0 Å². The number of rotatable bonds is 4. The SMILES string of the molecule is C#CCC(NCC)c1ccccc1I. The van der Waals surface area contributed by atoms with Gasteiger partial charge in [0, 0.05) is 16.0 Å². The van der Waals surface area contributed by atoms with Crippen LogP contribution in [0.25, 0.3) is 0 Å². The summed E-state index contributed by atoms with van der Waals surface area (Å²) in [5.74, 6) is 2.71. The zero-order valence-electron chi connectivity index (χ0n) is 8.26. The Morgan fingerprint density at radius 3 is 2.79 bits per heavy atom. The fraction of sp³-hybridized carbons (Fsp3) is 0.333. The third-order valence-electron chi connectivity index (χ3n) is 2.05. The fourth-order valence-electron chi connectivity index (χ4n) is 1.41. The third-order valence-corrected chi connectivity index (χ3v) is 3.04. The lowest BCUT2D eigenvalue weighted by Crippen LogP contribution is -2.21. The van der Waals surface area contributed by atoms with E-state index in [0.29, 0.717) is 0 Å². The maximum Gasteiger partial charge on any atom is 0.0441 e. The van der Waals surface area contributed by atoms with E-state index in [-0.39, 0.29) is 6.04 Å². The van der Waals surface area contributed by atoms with Crippen molar-refractivity contribution < 1.29 is 0 Å². The molecular weight excluding hydrogens is 285 g/mol. The minimum atomic E-state index is 0.290. The van der Waals surface area contributed by atoms with Crippen LogP contribution < -0.4 is 5.32 Å². The first-order chi connectivity index (χ1) is 6.79. The summed E-state index contributed by atoms with van der Waals surface area (Å²) in [7, 11) is 0. The molecule has 0 radical (unpaired) electrons. The van der Waals surface area contributed by atoms with Crippen molar-refractivity contribution in [1.82, 2.24) is 5.32 Å². The molecule has 74 valence electrons. The lowest BCUT2D eigenvalue weighted by atomic mass is 10.0. The Morgan fingerprint density at radius 2 is 2.21 bits per heavy atom. The third kappa shape index (κ3) is 3.00. The van der Waals surface area contributed by atoms with Crippen LogP contribution in [0.4, 0.5) is 0 Å². The molecule has 1 unspecified atom stereocenters. The maximum atomic E-state index is 5.35. The van der Waals surface area contributed by atoms with Crippen LogP contribution in [0.3, 0.4) is 0 Å². The van der Waals surface area contributed by atoms with E-state index < -0.39 is 0 Å². The summed E-state index contributed by atoms with van der Waals surface area (Å²) in [5.41, 5.74) is 1.30. The van der Waals surface area contributed by atoms with E-state index in [1.165, 1.54) is 9.13 Å². The molecule has 1 aromatic rings. The van der Waals surface area contributed by atoms with Gasteiger partial charge in [0.15, 0.2) is 0 Å². The topological polar surface area (TPSA) is 12.0 Å². The molecule has 0 aliphatic rings. The average Bonchev–Trinajstić information content (AvgIpc) is 2.18. The van der Waals surface area contributed by atoms with Crippen molar-refractivity contribution in [2.45, 2.75) is 19.4 Å². The average molecular weight is 299 g/mol. The van der Waals surface area contributed by atoms with Gasteiger partial charge in [-0.15, -0.1) is 12.3 Å². The molecule has 1 aromatic carbocycles. The molecule has 0 spiro atoms. The molecule has 0 bridgehead atoms. The van der Waals surface area contributed by atoms with Gasteiger partial charge in [0.05, 0.1) is 0 Å². The Balaban J connectivity index is 2.88. The van der Waals surface area contributed by atoms with Crippen molar-refractivity contribution >= 4 is 22.6 Å². The van der Waals surface area contributed by atoms with Gasteiger partial charge in [-0.25, -0.2) is 0 Å². The van der Waals surface area contributed by atoms with Crippen LogP contribution in [0, 0.1) is 15.9 Å². The molecule has 0 heterocycles. The number of hydrogen-bond acceptors (Lipinski definition) is 1. The number of nitrogens with one attached hydrogen (secondary N) is 1. The zero-order valence-corrected chi connectivity index (χ0v) is 10.4. The standard InChI is InChI=1S/C12H14IN/c1-3-7-12(14-4-2)10-8-5-6-9-11(10)13/h1,5-6,8-9,12,14H,4,7H2,2H3. The van der Waals surface area contributed by atoms with Gasteiger partial charge in [0.25, 0.3) is 0 Å². The van der Waals surface area contributed by atoms with Gasteiger partial charge in [0.2, 0.25) is 0 Å². The second-order valence-corrected chi connectivity index (χ2v) is 4.20. The molecule has 0 aliphatic heterocycles. The summed E-state index contributed by atoms with van der Waals surface area (Å²) in [6.45, 7) is 3.04. The summed E-state index contributed by atoms with van der Waals surface area (Å²) in [4.78, 5) is 0. The highest BCUT2D eigenvalue weighted by molar-refractivity contribution is 14.1. The molecule has 1 atom stereocenters. The van der Waals surface area contributed by atoms with Crippen molar-refractivity contribution in [1.29, 1.82) is 0 Å². The van der Waals surface area contributed by atoms with E-state index in [2.05, 4.69) is 59.0 Å². The van der Waals surface area contributed by atoms with Gasteiger partial charge < -0.3 is 5.32 Å². The molecule has 1 nitrogen and oxygen atoms in total. The molecule has 0 saturated heterocycles. The summed E-state index contributed by atoms with van der Waals surface area (Å²) in [5, 5.41) is 3.39. The van der Waals surface area contributed by atoms with Gasteiger partial charge in [-0.1, -0.05) is 25.1 Å². The van der Waals surface area contributed by atoms with E-state index >= 15 is 0 Å². The summed E-state index contributed by atoms with van der Waals surface area (Å²) in [6, 6.07) is 8.63. The van der Waals surface area contributed by atoms with Crippen LogP contribution >= 0.6 is 22.6 Å². The molecule has 0 saturated carbocycles. The lowest BCUT2D eigenvalue weighted by Gasteiger charge is -2.16. The molecule has 14 heavy (non-hydrogen) atoms. The predicted molar refractivity (Wildman–Crippen MR) is 69.0 cm³/mol. The Morgan fingerprint density at radius 1 is 1.50 bits per heavy atom. The van der Waals surface area contributed by atoms with Crippen molar-refractivity contribution in [3.63, 3.8) is 0 Å². The maximum absolute atomic E-state index is 5.35. The van der Waals surface area contributed by atoms with Crippen LogP contribution in [0.5, 0.6) is 0 Å². The normalized spacial score (nSPS) is 12.1. The minimum absolute atomic E-state index is 0.290. The Labute approximate surface area is 99.4 Å². The lowest BCUT2D eigenvalue weighted by molar-refractivity contribution is 0.563. The molecule has 1 rings (SSSR count). The highest BCUT2D eigenvalue weighted by Crippen LogP contribution is 2.21. The van der Waals surface area contributed by atoms with E-state index in [9.17, 15) is 0 Å². The van der Waals surface area contributed by atoms with Gasteiger partial charge in [-0.2, -0.15) is 0 Å². The van der Waals surface area contributed by atoms with Crippen molar-refractivity contribution in [3.05, 3.63) is 33.4 Å². The fourth-order valence-corrected chi connectivity index (χ4v) is 2.18. The second kappa shape index (κ2) is 6.05. The first-order valence-corrected chi connectivity index (χ1v) is 5.78. The van der Waals surface area contributed by atoms with Gasteiger partial charge in [-0.05, 0) is 40.8 Å². The first-order valence-electron chi connectivity index (χ1n) is 4.70. The zero-order chi connectivity index (χ0) is 10.4. The number of terminal acetylenes is 1. The van der Waals surface area contributed by atoms with E-state index in [1.807, 2.05) is 6.07 Å². The molecule has 1 N–H and O–H groups in total. The molecule has 0 aliphatic carbocycles. The second-order valence-electron chi connectivity index (χ2n) is 3.04. The predicted octanol–water partition coefficient (Wildman–Crippen LogP) is 2.97. The van der Waals surface area contributed by atoms with Crippen LogP contribution in [-0.4, -0.2) is 6.54 Å². The summed E-state index contributed by atoms with van der Waals surface area (Å²) >= 11 is 2.35. The molecular formula is C12H14IN. The van der Waals surface area contributed by atoms with Crippen molar-refractivity contribution in [2.24, 2.45) is 0 Å². The van der Waals surface area contributed by atoms with Crippen LogP contribution in [0.15, 0.2) is 24.3 Å². The van der Waals surface area contributed by atoms with Gasteiger partial charge in [-0.3, -0.25) is 0 Å². The highest BCUT2D eigenvalue weighted by atomic mass is 127. The number of benzene rings is 1. The Bertz CT molecular complexity index is 327. The largest absolute Gasteiger partial charge is 0.309 e. The van der Waals surface area contributed by atoms with Crippen LogP contribution in [0.1, 0.15) is 24.9 Å². The van der Waals surface area contributed by atoms with Gasteiger partial charge in [0.1, 0.15) is 0 Å². The highest BCUT2D eigenvalue weighted by Gasteiger charge is 2.10. The first kappa shape index (κ1) is 11.5. The van der Waals surface area contributed by atoms with E-state index in [1.54, 1.807) is 0 Å². The van der Waals surface area contributed by atoms with Crippen LogP contribution in [0.2, 0.25) is 0 Å².